The average molecular weight is 266 g/mol. The van der Waals surface area contributed by atoms with Crippen LogP contribution in [0, 0.1) is 5.82 Å². The van der Waals surface area contributed by atoms with Crippen molar-refractivity contribution in [3.05, 3.63) is 30.1 Å². The van der Waals surface area contributed by atoms with Crippen LogP contribution in [0.2, 0.25) is 0 Å². The van der Waals surface area contributed by atoms with Crippen LogP contribution in [0.15, 0.2) is 24.3 Å². The quantitative estimate of drug-likeness (QED) is 0.856. The van der Waals surface area contributed by atoms with E-state index >= 15 is 0 Å². The topological polar surface area (TPSA) is 50.4 Å². The van der Waals surface area contributed by atoms with Gasteiger partial charge in [-0.25, -0.2) is 4.39 Å². The lowest BCUT2D eigenvalue weighted by Gasteiger charge is -2.22. The Morgan fingerprint density at radius 2 is 2.37 bits per heavy atom. The van der Waals surface area contributed by atoms with E-state index in [-0.39, 0.29) is 18.3 Å². The van der Waals surface area contributed by atoms with Crippen LogP contribution in [0.5, 0.6) is 0 Å². The molecule has 2 N–H and O–H groups in total. The lowest BCUT2D eigenvalue weighted by atomic mass is 10.1. The minimum absolute atomic E-state index is 0.00526. The average Bonchev–Trinajstić information content (AvgIpc) is 2.40. The van der Waals surface area contributed by atoms with E-state index < -0.39 is 0 Å². The molecule has 1 heterocycles. The summed E-state index contributed by atoms with van der Waals surface area (Å²) in [7, 11) is 0. The number of benzene rings is 1. The Kier molecular flexibility index (Phi) is 5.30. The van der Waals surface area contributed by atoms with Crippen molar-refractivity contribution in [3.63, 3.8) is 0 Å². The van der Waals surface area contributed by atoms with Gasteiger partial charge in [-0.15, -0.1) is 0 Å². The van der Waals surface area contributed by atoms with Crippen LogP contribution >= 0.6 is 0 Å². The van der Waals surface area contributed by atoms with E-state index in [2.05, 4.69) is 10.6 Å². The standard InChI is InChI=1S/C14H19FN2O2/c15-11-4-3-6-12(8-11)17-14(18)10-19-9-13-5-1-2-7-16-13/h3-4,6,8,13,16H,1-2,5,7,9-10H2,(H,17,18). The largest absolute Gasteiger partial charge is 0.370 e. The van der Waals surface area contributed by atoms with Gasteiger partial charge in [0.25, 0.3) is 0 Å². The Morgan fingerprint density at radius 1 is 1.47 bits per heavy atom. The first-order valence-electron chi connectivity index (χ1n) is 6.60. The summed E-state index contributed by atoms with van der Waals surface area (Å²) in [5, 5.41) is 5.94. The molecule has 0 spiro atoms. The molecule has 1 saturated heterocycles. The minimum Gasteiger partial charge on any atom is -0.370 e. The second-order valence-corrected chi connectivity index (χ2v) is 4.72. The van der Waals surface area contributed by atoms with Crippen molar-refractivity contribution in [2.75, 3.05) is 25.1 Å². The Morgan fingerprint density at radius 3 is 3.11 bits per heavy atom. The number of hydrogen-bond donors (Lipinski definition) is 2. The number of carbonyl (C=O) groups excluding carboxylic acids is 1. The molecular formula is C14H19FN2O2. The number of carbonyl (C=O) groups is 1. The molecule has 1 aromatic carbocycles. The third-order valence-electron chi connectivity index (χ3n) is 3.07. The lowest BCUT2D eigenvalue weighted by molar-refractivity contribution is -0.120. The molecule has 1 fully saturated rings. The van der Waals surface area contributed by atoms with E-state index in [0.717, 1.165) is 13.0 Å². The predicted molar refractivity (Wildman–Crippen MR) is 71.5 cm³/mol. The number of rotatable bonds is 5. The Balaban J connectivity index is 1.67. The first kappa shape index (κ1) is 14.0. The van der Waals surface area contributed by atoms with Gasteiger partial charge < -0.3 is 15.4 Å². The first-order valence-corrected chi connectivity index (χ1v) is 6.60. The summed E-state index contributed by atoms with van der Waals surface area (Å²) in [5.74, 6) is -0.633. The van der Waals surface area contributed by atoms with E-state index in [1.54, 1.807) is 12.1 Å². The van der Waals surface area contributed by atoms with Gasteiger partial charge in [-0.05, 0) is 37.6 Å². The number of anilines is 1. The van der Waals surface area contributed by atoms with Crippen molar-refractivity contribution in [1.29, 1.82) is 0 Å². The molecule has 19 heavy (non-hydrogen) atoms. The second-order valence-electron chi connectivity index (χ2n) is 4.72. The fraction of sp³-hybridized carbons (Fsp3) is 0.500. The lowest BCUT2D eigenvalue weighted by Crippen LogP contribution is -2.38. The molecule has 1 aromatic rings. The molecular weight excluding hydrogens is 247 g/mol. The summed E-state index contributed by atoms with van der Waals surface area (Å²) < 4.78 is 18.3. The summed E-state index contributed by atoms with van der Waals surface area (Å²) in [6.45, 7) is 1.55. The highest BCUT2D eigenvalue weighted by molar-refractivity contribution is 5.91. The maximum Gasteiger partial charge on any atom is 0.250 e. The zero-order chi connectivity index (χ0) is 13.5. The fourth-order valence-corrected chi connectivity index (χ4v) is 2.12. The number of nitrogens with one attached hydrogen (secondary N) is 2. The molecule has 1 aliphatic heterocycles. The van der Waals surface area contributed by atoms with Crippen LogP contribution in [0.25, 0.3) is 0 Å². The third-order valence-corrected chi connectivity index (χ3v) is 3.07. The summed E-state index contributed by atoms with van der Waals surface area (Å²) in [4.78, 5) is 11.6. The van der Waals surface area contributed by atoms with Crippen molar-refractivity contribution in [2.24, 2.45) is 0 Å². The van der Waals surface area contributed by atoms with Crippen molar-refractivity contribution >= 4 is 11.6 Å². The van der Waals surface area contributed by atoms with Crippen LogP contribution < -0.4 is 10.6 Å². The smallest absolute Gasteiger partial charge is 0.250 e. The Bertz CT molecular complexity index is 420. The molecule has 0 bridgehead atoms. The summed E-state index contributed by atoms with van der Waals surface area (Å²) in [5.41, 5.74) is 0.449. The normalized spacial score (nSPS) is 19.1. The predicted octanol–water partition coefficient (Wildman–Crippen LogP) is 1.92. The molecule has 2 rings (SSSR count). The van der Waals surface area contributed by atoms with E-state index in [1.807, 2.05) is 0 Å². The number of hydrogen-bond acceptors (Lipinski definition) is 3. The summed E-state index contributed by atoms with van der Waals surface area (Å²) >= 11 is 0. The van der Waals surface area contributed by atoms with Gasteiger partial charge in [0.1, 0.15) is 12.4 Å². The molecule has 4 nitrogen and oxygen atoms in total. The highest BCUT2D eigenvalue weighted by Crippen LogP contribution is 2.09. The molecule has 0 aromatic heterocycles. The van der Waals surface area contributed by atoms with Crippen molar-refractivity contribution < 1.29 is 13.9 Å². The zero-order valence-electron chi connectivity index (χ0n) is 10.8. The fourth-order valence-electron chi connectivity index (χ4n) is 2.12. The molecule has 104 valence electrons. The van der Waals surface area contributed by atoms with E-state index in [1.165, 1.54) is 25.0 Å². The van der Waals surface area contributed by atoms with Crippen molar-refractivity contribution in [2.45, 2.75) is 25.3 Å². The van der Waals surface area contributed by atoms with Crippen LogP contribution in [-0.4, -0.2) is 31.7 Å². The number of ether oxygens (including phenoxy) is 1. The molecule has 0 saturated carbocycles. The van der Waals surface area contributed by atoms with Gasteiger partial charge in [-0.3, -0.25) is 4.79 Å². The van der Waals surface area contributed by atoms with Crippen molar-refractivity contribution in [3.8, 4) is 0 Å². The maximum atomic E-state index is 12.9. The molecule has 1 atom stereocenters. The van der Waals surface area contributed by atoms with Crippen LogP contribution in [0.4, 0.5) is 10.1 Å². The van der Waals surface area contributed by atoms with Gasteiger partial charge in [0.05, 0.1) is 6.61 Å². The second kappa shape index (κ2) is 7.21. The van der Waals surface area contributed by atoms with Crippen LogP contribution in [0.1, 0.15) is 19.3 Å². The molecule has 0 radical (unpaired) electrons. The highest BCUT2D eigenvalue weighted by atomic mass is 19.1. The summed E-state index contributed by atoms with van der Waals surface area (Å²) in [6, 6.07) is 6.15. The van der Waals surface area contributed by atoms with E-state index in [0.29, 0.717) is 18.3 Å². The van der Waals surface area contributed by atoms with Crippen LogP contribution in [-0.2, 0) is 9.53 Å². The highest BCUT2D eigenvalue weighted by Gasteiger charge is 2.13. The van der Waals surface area contributed by atoms with Gasteiger partial charge in [-0.1, -0.05) is 12.5 Å². The minimum atomic E-state index is -0.370. The molecule has 1 amide bonds. The summed E-state index contributed by atoms with van der Waals surface area (Å²) in [6.07, 6.45) is 3.50. The Hall–Kier alpha value is -1.46. The van der Waals surface area contributed by atoms with Gasteiger partial charge in [-0.2, -0.15) is 0 Å². The van der Waals surface area contributed by atoms with Crippen LogP contribution in [0.3, 0.4) is 0 Å². The van der Waals surface area contributed by atoms with Gasteiger partial charge in [0, 0.05) is 11.7 Å². The molecule has 1 aliphatic rings. The maximum absolute atomic E-state index is 12.9. The monoisotopic (exact) mass is 266 g/mol. The van der Waals surface area contributed by atoms with E-state index in [4.69, 9.17) is 4.74 Å². The van der Waals surface area contributed by atoms with Crippen molar-refractivity contribution in [1.82, 2.24) is 5.32 Å². The third kappa shape index (κ3) is 4.96. The number of amides is 1. The van der Waals surface area contributed by atoms with Gasteiger partial charge in [0.15, 0.2) is 0 Å². The number of halogens is 1. The zero-order valence-corrected chi connectivity index (χ0v) is 10.8. The Labute approximate surface area is 112 Å². The first-order chi connectivity index (χ1) is 9.24. The van der Waals surface area contributed by atoms with Gasteiger partial charge in [0.2, 0.25) is 5.91 Å². The SMILES string of the molecule is O=C(COCC1CCCCN1)Nc1cccc(F)c1. The molecule has 0 aliphatic carbocycles. The molecule has 1 unspecified atom stereocenters. The number of piperidine rings is 1. The van der Waals surface area contributed by atoms with Gasteiger partial charge >= 0.3 is 0 Å². The van der Waals surface area contributed by atoms with E-state index in [9.17, 15) is 9.18 Å². The molecule has 5 heteroatoms.